The molecule has 34 heavy (non-hydrogen) atoms. The van der Waals surface area contributed by atoms with Gasteiger partial charge in [-0.15, -0.1) is 0 Å². The highest BCUT2D eigenvalue weighted by molar-refractivity contribution is 6.31. The molecule has 1 aromatic heterocycles. The Labute approximate surface area is 205 Å². The molecule has 3 aromatic rings. The molecule has 0 unspecified atom stereocenters. The van der Waals surface area contributed by atoms with Crippen molar-refractivity contribution in [3.63, 3.8) is 0 Å². The average Bonchev–Trinajstić information content (AvgIpc) is 3.21. The molecule has 0 atom stereocenters. The van der Waals surface area contributed by atoms with Crippen LogP contribution in [0.2, 0.25) is 5.02 Å². The molecule has 1 N–H and O–H groups in total. The van der Waals surface area contributed by atoms with E-state index in [-0.39, 0.29) is 29.8 Å². The number of carbonyl (C=O) groups excluding carboxylic acids is 2. The highest BCUT2D eigenvalue weighted by Crippen LogP contribution is 2.27. The number of halogens is 1. The van der Waals surface area contributed by atoms with E-state index in [1.54, 1.807) is 36.1 Å². The molecule has 7 nitrogen and oxygen atoms in total. The van der Waals surface area contributed by atoms with Gasteiger partial charge in [0.2, 0.25) is 5.91 Å². The minimum atomic E-state index is -0.320. The third-order valence-corrected chi connectivity index (χ3v) is 5.57. The third kappa shape index (κ3) is 5.97. The molecule has 180 valence electrons. The van der Waals surface area contributed by atoms with Gasteiger partial charge in [-0.2, -0.15) is 5.10 Å². The summed E-state index contributed by atoms with van der Waals surface area (Å²) in [6.45, 7) is 9.81. The zero-order valence-electron chi connectivity index (χ0n) is 20.4. The van der Waals surface area contributed by atoms with Crippen molar-refractivity contribution in [2.24, 2.45) is 0 Å². The molecular weight excluding hydrogens is 452 g/mol. The summed E-state index contributed by atoms with van der Waals surface area (Å²) in [4.78, 5) is 27.7. The van der Waals surface area contributed by atoms with Crippen molar-refractivity contribution in [2.45, 2.75) is 46.1 Å². The predicted molar refractivity (Wildman–Crippen MR) is 135 cm³/mol. The maximum absolute atomic E-state index is 13.1. The van der Waals surface area contributed by atoms with Crippen LogP contribution in [0.15, 0.2) is 54.6 Å². The zero-order valence-corrected chi connectivity index (χ0v) is 21.2. The average molecular weight is 483 g/mol. The lowest BCUT2D eigenvalue weighted by molar-refractivity contribution is -0.117. The molecule has 0 fully saturated rings. The van der Waals surface area contributed by atoms with Gasteiger partial charge in [-0.25, -0.2) is 4.68 Å². The van der Waals surface area contributed by atoms with Crippen LogP contribution in [0.4, 0.5) is 5.82 Å². The largest absolute Gasteiger partial charge is 0.497 e. The number of amides is 2. The summed E-state index contributed by atoms with van der Waals surface area (Å²) >= 11 is 6.05. The van der Waals surface area contributed by atoms with Crippen molar-refractivity contribution in [2.75, 3.05) is 19.0 Å². The smallest absolute Gasteiger partial charge is 0.254 e. The van der Waals surface area contributed by atoms with Gasteiger partial charge in [-0.05, 0) is 56.3 Å². The SMILES string of the molecule is COc1ccc(-n2nc(C(C)(C)C)cc2NC(=O)CN(C(=O)c2cccc(Cl)c2)C(C)C)cc1. The summed E-state index contributed by atoms with van der Waals surface area (Å²) in [6.07, 6.45) is 0. The molecule has 8 heteroatoms. The maximum Gasteiger partial charge on any atom is 0.254 e. The Balaban J connectivity index is 1.87. The minimum absolute atomic E-state index is 0.109. The molecule has 2 amide bonds. The lowest BCUT2D eigenvalue weighted by atomic mass is 9.92. The Morgan fingerprint density at radius 2 is 1.79 bits per heavy atom. The molecule has 0 aliphatic carbocycles. The van der Waals surface area contributed by atoms with Gasteiger partial charge in [0.05, 0.1) is 18.5 Å². The van der Waals surface area contributed by atoms with Crippen LogP contribution in [-0.2, 0) is 10.2 Å². The normalized spacial score (nSPS) is 11.4. The summed E-state index contributed by atoms with van der Waals surface area (Å²) < 4.78 is 6.94. The van der Waals surface area contributed by atoms with E-state index in [4.69, 9.17) is 21.4 Å². The minimum Gasteiger partial charge on any atom is -0.497 e. The van der Waals surface area contributed by atoms with E-state index < -0.39 is 0 Å². The van der Waals surface area contributed by atoms with E-state index in [9.17, 15) is 9.59 Å². The van der Waals surface area contributed by atoms with Crippen LogP contribution in [-0.4, -0.2) is 46.2 Å². The van der Waals surface area contributed by atoms with Crippen molar-refractivity contribution in [3.8, 4) is 11.4 Å². The van der Waals surface area contributed by atoms with E-state index >= 15 is 0 Å². The van der Waals surface area contributed by atoms with Gasteiger partial charge in [0, 0.05) is 28.1 Å². The molecule has 0 aliphatic heterocycles. The van der Waals surface area contributed by atoms with Crippen molar-refractivity contribution in [1.29, 1.82) is 0 Å². The highest BCUT2D eigenvalue weighted by Gasteiger charge is 2.25. The number of anilines is 1. The fraction of sp³-hybridized carbons (Fsp3) is 0.346. The molecule has 1 heterocycles. The summed E-state index contributed by atoms with van der Waals surface area (Å²) in [7, 11) is 1.61. The molecule has 0 aliphatic rings. The quantitative estimate of drug-likeness (QED) is 0.494. The molecule has 3 rings (SSSR count). The number of methoxy groups -OCH3 is 1. The summed E-state index contributed by atoms with van der Waals surface area (Å²) in [5.74, 6) is 0.675. The van der Waals surface area contributed by atoms with Crippen molar-refractivity contribution in [3.05, 3.63) is 70.9 Å². The number of nitrogens with zero attached hydrogens (tertiary/aromatic N) is 3. The van der Waals surface area contributed by atoms with E-state index in [0.29, 0.717) is 16.4 Å². The molecule has 0 spiro atoms. The van der Waals surface area contributed by atoms with Gasteiger partial charge in [-0.3, -0.25) is 9.59 Å². The van der Waals surface area contributed by atoms with Gasteiger partial charge in [-0.1, -0.05) is 38.4 Å². The lowest BCUT2D eigenvalue weighted by Crippen LogP contribution is -2.42. The second-order valence-corrected chi connectivity index (χ2v) is 9.80. The van der Waals surface area contributed by atoms with Crippen LogP contribution < -0.4 is 10.1 Å². The van der Waals surface area contributed by atoms with Gasteiger partial charge < -0.3 is 15.0 Å². The van der Waals surface area contributed by atoms with Crippen LogP contribution in [0, 0.1) is 0 Å². The van der Waals surface area contributed by atoms with E-state index in [1.165, 1.54) is 4.90 Å². The number of ether oxygens (including phenoxy) is 1. The van der Waals surface area contributed by atoms with E-state index in [1.807, 2.05) is 44.2 Å². The standard InChI is InChI=1S/C26H31ClN4O3/c1-17(2)30(25(33)18-8-7-9-19(27)14-18)16-24(32)28-23-15-22(26(3,4)5)29-31(23)20-10-12-21(34-6)13-11-20/h7-15,17H,16H2,1-6H3,(H,28,32). The maximum atomic E-state index is 13.1. The number of carbonyl (C=O) groups is 2. The Morgan fingerprint density at radius 1 is 1.12 bits per heavy atom. The van der Waals surface area contributed by atoms with Gasteiger partial charge in [0.15, 0.2) is 0 Å². The number of aromatic nitrogens is 2. The fourth-order valence-corrected chi connectivity index (χ4v) is 3.56. The number of nitrogens with one attached hydrogen (secondary N) is 1. The van der Waals surface area contributed by atoms with E-state index in [2.05, 4.69) is 26.1 Å². The number of benzene rings is 2. The molecular formula is C26H31ClN4O3. The van der Waals surface area contributed by atoms with E-state index in [0.717, 1.165) is 17.1 Å². The van der Waals surface area contributed by atoms with Crippen LogP contribution in [0.25, 0.3) is 5.69 Å². The second kappa shape index (κ2) is 10.3. The number of hydrogen-bond donors (Lipinski definition) is 1. The first kappa shape index (κ1) is 25.3. The van der Waals surface area contributed by atoms with Crippen molar-refractivity contribution < 1.29 is 14.3 Å². The second-order valence-electron chi connectivity index (χ2n) is 9.36. The fourth-order valence-electron chi connectivity index (χ4n) is 3.37. The summed E-state index contributed by atoms with van der Waals surface area (Å²) in [6, 6.07) is 15.8. The van der Waals surface area contributed by atoms with Gasteiger partial charge in [0.25, 0.3) is 5.91 Å². The van der Waals surface area contributed by atoms with Crippen molar-refractivity contribution >= 4 is 29.2 Å². The Hall–Kier alpha value is -3.32. The first-order chi connectivity index (χ1) is 16.0. The topological polar surface area (TPSA) is 76.5 Å². The highest BCUT2D eigenvalue weighted by atomic mass is 35.5. The first-order valence-electron chi connectivity index (χ1n) is 11.1. The molecule has 0 radical (unpaired) electrons. The molecule has 0 saturated heterocycles. The predicted octanol–water partition coefficient (Wildman–Crippen LogP) is 5.32. The number of rotatable bonds is 7. The zero-order chi connectivity index (χ0) is 25.0. The number of hydrogen-bond acceptors (Lipinski definition) is 4. The Morgan fingerprint density at radius 3 is 2.35 bits per heavy atom. The van der Waals surface area contributed by atoms with Crippen LogP contribution in [0.3, 0.4) is 0 Å². The summed E-state index contributed by atoms with van der Waals surface area (Å²) in [5.41, 5.74) is 1.83. The van der Waals surface area contributed by atoms with Crippen LogP contribution in [0.5, 0.6) is 5.75 Å². The Kier molecular flexibility index (Phi) is 7.67. The summed E-state index contributed by atoms with van der Waals surface area (Å²) in [5, 5.41) is 8.15. The molecule has 0 saturated carbocycles. The molecule has 0 bridgehead atoms. The van der Waals surface area contributed by atoms with Crippen LogP contribution in [0.1, 0.15) is 50.7 Å². The first-order valence-corrected chi connectivity index (χ1v) is 11.5. The molecule has 2 aromatic carbocycles. The monoisotopic (exact) mass is 482 g/mol. The van der Waals surface area contributed by atoms with Gasteiger partial charge in [0.1, 0.15) is 18.1 Å². The third-order valence-electron chi connectivity index (χ3n) is 5.33. The van der Waals surface area contributed by atoms with Crippen LogP contribution >= 0.6 is 11.6 Å². The Bertz CT molecular complexity index is 1160. The van der Waals surface area contributed by atoms with Gasteiger partial charge >= 0.3 is 0 Å². The van der Waals surface area contributed by atoms with Crippen molar-refractivity contribution in [1.82, 2.24) is 14.7 Å². The lowest BCUT2D eigenvalue weighted by Gasteiger charge is -2.26.